The van der Waals surface area contributed by atoms with E-state index in [2.05, 4.69) is 52.0 Å². The van der Waals surface area contributed by atoms with Gasteiger partial charge in [0.2, 0.25) is 0 Å². The maximum Gasteiger partial charge on any atom is 0.131 e. The minimum atomic E-state index is -0.0217. The van der Waals surface area contributed by atoms with Gasteiger partial charge in [0.1, 0.15) is 11.7 Å². The average Bonchev–Trinajstić information content (AvgIpc) is 3.17. The minimum Gasteiger partial charge on any atom is -0.352 e. The first-order valence-corrected chi connectivity index (χ1v) is 12.0. The van der Waals surface area contributed by atoms with Crippen LogP contribution in [0.15, 0.2) is 50.7 Å². The summed E-state index contributed by atoms with van der Waals surface area (Å²) < 4.78 is 16.3. The van der Waals surface area contributed by atoms with Crippen LogP contribution < -0.4 is 0 Å². The van der Waals surface area contributed by atoms with Gasteiger partial charge in [-0.15, -0.1) is 0 Å². The first-order chi connectivity index (χ1) is 14.0. The van der Waals surface area contributed by atoms with Crippen molar-refractivity contribution in [2.45, 2.75) is 72.3 Å². The second kappa shape index (κ2) is 10.1. The highest BCUT2D eigenvalue weighted by Gasteiger charge is 2.34. The molecule has 1 aromatic rings. The SMILES string of the molecule is CC.Cc1ccc(Br)cc1CCC1=C(F)C(C)CC=C1C1=NCC2CCCCN12. The van der Waals surface area contributed by atoms with Crippen LogP contribution in [0.3, 0.4) is 0 Å². The third kappa shape index (κ3) is 4.84. The van der Waals surface area contributed by atoms with Crippen LogP contribution in [0, 0.1) is 12.8 Å². The Labute approximate surface area is 184 Å². The fourth-order valence-electron chi connectivity index (χ4n) is 4.59. The number of halogens is 2. The molecule has 0 saturated carbocycles. The highest BCUT2D eigenvalue weighted by Crippen LogP contribution is 2.37. The quantitative estimate of drug-likeness (QED) is 0.464. The predicted molar refractivity (Wildman–Crippen MR) is 125 cm³/mol. The van der Waals surface area contributed by atoms with Gasteiger partial charge in [0.15, 0.2) is 0 Å². The molecule has 4 heteroatoms. The Morgan fingerprint density at radius 3 is 2.79 bits per heavy atom. The number of rotatable bonds is 4. The molecule has 0 spiro atoms. The van der Waals surface area contributed by atoms with E-state index in [9.17, 15) is 0 Å². The van der Waals surface area contributed by atoms with E-state index in [1.165, 1.54) is 30.4 Å². The minimum absolute atomic E-state index is 0.0217. The zero-order chi connectivity index (χ0) is 21.0. The Bertz CT molecular complexity index is 824. The lowest BCUT2D eigenvalue weighted by Crippen LogP contribution is -2.41. The van der Waals surface area contributed by atoms with Gasteiger partial charge in [0.05, 0.1) is 12.6 Å². The van der Waals surface area contributed by atoms with Crippen LogP contribution in [-0.4, -0.2) is 29.9 Å². The van der Waals surface area contributed by atoms with Crippen LogP contribution in [-0.2, 0) is 6.42 Å². The van der Waals surface area contributed by atoms with Crippen molar-refractivity contribution >= 4 is 21.8 Å². The van der Waals surface area contributed by atoms with Gasteiger partial charge in [0.25, 0.3) is 0 Å². The molecule has 3 aliphatic rings. The topological polar surface area (TPSA) is 15.6 Å². The zero-order valence-corrected chi connectivity index (χ0v) is 19.9. The van der Waals surface area contributed by atoms with Crippen molar-refractivity contribution in [3.63, 3.8) is 0 Å². The number of fused-ring (bicyclic) bond motifs is 1. The average molecular weight is 461 g/mol. The van der Waals surface area contributed by atoms with Crippen molar-refractivity contribution in [1.82, 2.24) is 4.90 Å². The summed E-state index contributed by atoms with van der Waals surface area (Å²) in [5, 5.41) is 0. The molecular weight excluding hydrogens is 427 g/mol. The molecule has 0 radical (unpaired) electrons. The highest BCUT2D eigenvalue weighted by molar-refractivity contribution is 9.10. The number of aryl methyl sites for hydroxylation is 2. The van der Waals surface area contributed by atoms with E-state index in [0.717, 1.165) is 53.8 Å². The molecule has 2 nitrogen and oxygen atoms in total. The van der Waals surface area contributed by atoms with Crippen molar-refractivity contribution in [2.75, 3.05) is 13.1 Å². The first-order valence-electron chi connectivity index (χ1n) is 11.2. The van der Waals surface area contributed by atoms with E-state index in [1.54, 1.807) is 0 Å². The van der Waals surface area contributed by atoms with E-state index in [-0.39, 0.29) is 11.7 Å². The molecule has 4 rings (SSSR count). The molecule has 0 amide bonds. The van der Waals surface area contributed by atoms with Gasteiger partial charge in [0, 0.05) is 22.5 Å². The van der Waals surface area contributed by atoms with Gasteiger partial charge < -0.3 is 4.90 Å². The van der Waals surface area contributed by atoms with E-state index in [0.29, 0.717) is 6.04 Å². The predicted octanol–water partition coefficient (Wildman–Crippen LogP) is 7.17. The maximum atomic E-state index is 15.2. The molecule has 2 aliphatic heterocycles. The fraction of sp³-hybridized carbons (Fsp3) is 0.560. The van der Waals surface area contributed by atoms with Crippen molar-refractivity contribution in [2.24, 2.45) is 10.9 Å². The van der Waals surface area contributed by atoms with E-state index < -0.39 is 0 Å². The molecule has 0 N–H and O–H groups in total. The summed E-state index contributed by atoms with van der Waals surface area (Å²) in [4.78, 5) is 7.31. The lowest BCUT2D eigenvalue weighted by Gasteiger charge is -2.34. The Morgan fingerprint density at radius 2 is 2.00 bits per heavy atom. The van der Waals surface area contributed by atoms with E-state index >= 15 is 4.39 Å². The standard InChI is InChI=1S/C23H28BrFN2.C2H6/c1-15-6-9-18(24)13-17(15)8-11-20-21(10-7-16(2)22(20)25)23-26-14-19-5-3-4-12-27(19)23;1-2/h6,9-10,13,16,19H,3-5,7-8,11-12,14H2,1-2H3;1-2H3. The molecule has 1 fully saturated rings. The largest absolute Gasteiger partial charge is 0.352 e. The van der Waals surface area contributed by atoms with Crippen LogP contribution in [0.5, 0.6) is 0 Å². The van der Waals surface area contributed by atoms with Crippen LogP contribution in [0.25, 0.3) is 0 Å². The number of amidine groups is 1. The molecule has 1 aliphatic carbocycles. The lowest BCUT2D eigenvalue weighted by molar-refractivity contribution is 0.268. The Morgan fingerprint density at radius 1 is 1.21 bits per heavy atom. The van der Waals surface area contributed by atoms with Gasteiger partial charge >= 0.3 is 0 Å². The number of aliphatic imine (C=N–C) groups is 1. The number of allylic oxidation sites excluding steroid dienone is 2. The molecule has 2 heterocycles. The van der Waals surface area contributed by atoms with Gasteiger partial charge in [-0.25, -0.2) is 4.39 Å². The van der Waals surface area contributed by atoms with Gasteiger partial charge in [-0.2, -0.15) is 0 Å². The molecule has 2 unspecified atom stereocenters. The first kappa shape index (κ1) is 22.3. The molecule has 158 valence electrons. The summed E-state index contributed by atoms with van der Waals surface area (Å²) >= 11 is 3.56. The summed E-state index contributed by atoms with van der Waals surface area (Å²) in [6.45, 7) is 10.1. The van der Waals surface area contributed by atoms with Gasteiger partial charge in [-0.3, -0.25) is 4.99 Å². The summed E-state index contributed by atoms with van der Waals surface area (Å²) in [6.07, 6.45) is 8.34. The molecule has 0 aromatic heterocycles. The summed E-state index contributed by atoms with van der Waals surface area (Å²) in [5.41, 5.74) is 4.51. The molecule has 2 atom stereocenters. The zero-order valence-electron chi connectivity index (χ0n) is 18.3. The number of nitrogens with zero attached hydrogens (tertiary/aromatic N) is 2. The second-order valence-corrected chi connectivity index (χ2v) is 9.07. The maximum absolute atomic E-state index is 15.2. The summed E-state index contributed by atoms with van der Waals surface area (Å²) in [6, 6.07) is 6.89. The van der Waals surface area contributed by atoms with Crippen molar-refractivity contribution < 1.29 is 4.39 Å². The molecule has 0 bridgehead atoms. The number of piperidine rings is 1. The monoisotopic (exact) mass is 460 g/mol. The van der Waals surface area contributed by atoms with Crippen molar-refractivity contribution in [3.05, 3.63) is 56.8 Å². The summed E-state index contributed by atoms with van der Waals surface area (Å²) in [7, 11) is 0. The van der Waals surface area contributed by atoms with Crippen LogP contribution in [0.4, 0.5) is 4.39 Å². The highest BCUT2D eigenvalue weighted by atomic mass is 79.9. The van der Waals surface area contributed by atoms with Gasteiger partial charge in [-0.05, 0) is 74.3 Å². The van der Waals surface area contributed by atoms with Crippen molar-refractivity contribution in [1.29, 1.82) is 0 Å². The number of hydrogen-bond donors (Lipinski definition) is 0. The molecule has 1 aromatic carbocycles. The molecular formula is C25H34BrFN2. The second-order valence-electron chi connectivity index (χ2n) is 8.16. The Balaban J connectivity index is 0.00000117. The Kier molecular flexibility index (Phi) is 7.72. The fourth-order valence-corrected chi connectivity index (χ4v) is 5.00. The third-order valence-corrected chi connectivity index (χ3v) is 6.76. The third-order valence-electron chi connectivity index (χ3n) is 6.27. The van der Waals surface area contributed by atoms with E-state index in [1.807, 2.05) is 20.8 Å². The molecule has 1 saturated heterocycles. The molecule has 29 heavy (non-hydrogen) atoms. The van der Waals surface area contributed by atoms with Crippen LogP contribution >= 0.6 is 15.9 Å². The summed E-state index contributed by atoms with van der Waals surface area (Å²) in [5.74, 6) is 1.11. The number of benzene rings is 1. The van der Waals surface area contributed by atoms with Crippen LogP contribution in [0.1, 0.15) is 64.0 Å². The normalized spacial score (nSPS) is 23.9. The smallest absolute Gasteiger partial charge is 0.131 e. The van der Waals surface area contributed by atoms with Crippen molar-refractivity contribution in [3.8, 4) is 0 Å². The lowest BCUT2D eigenvalue weighted by atomic mass is 9.85. The Hall–Kier alpha value is -1.42. The number of hydrogen-bond acceptors (Lipinski definition) is 2. The van der Waals surface area contributed by atoms with Gasteiger partial charge in [-0.1, -0.05) is 48.8 Å². The van der Waals surface area contributed by atoms with Crippen LogP contribution in [0.2, 0.25) is 0 Å². The van der Waals surface area contributed by atoms with E-state index in [4.69, 9.17) is 4.99 Å².